The van der Waals surface area contributed by atoms with E-state index in [1.807, 2.05) is 12.1 Å². The Morgan fingerprint density at radius 1 is 1.22 bits per heavy atom. The Labute approximate surface area is 143 Å². The number of benzene rings is 2. The van der Waals surface area contributed by atoms with Crippen LogP contribution in [0.1, 0.15) is 24.1 Å². The van der Waals surface area contributed by atoms with E-state index in [9.17, 15) is 13.6 Å². The summed E-state index contributed by atoms with van der Waals surface area (Å²) in [5.74, 6) is -0.547. The number of halogens is 3. The van der Waals surface area contributed by atoms with Crippen molar-refractivity contribution in [3.05, 3.63) is 70.2 Å². The quantitative estimate of drug-likeness (QED) is 0.811. The van der Waals surface area contributed by atoms with Gasteiger partial charge in [0.25, 0.3) is 0 Å². The molecule has 1 N–H and O–H groups in total. The summed E-state index contributed by atoms with van der Waals surface area (Å²) in [7, 11) is 0. The molecule has 0 unspecified atom stereocenters. The molecule has 0 aliphatic heterocycles. The summed E-state index contributed by atoms with van der Waals surface area (Å²) in [6.45, 7) is 1.66. The Morgan fingerprint density at radius 3 is 2.57 bits per heavy atom. The minimum Gasteiger partial charge on any atom is -0.349 e. The first-order chi connectivity index (χ1) is 11.0. The number of nitrogens with one attached hydrogen (secondary N) is 1. The van der Waals surface area contributed by atoms with Crippen molar-refractivity contribution >= 4 is 29.3 Å². The molecule has 0 aliphatic carbocycles. The number of hydrogen-bond acceptors (Lipinski definition) is 2. The fourth-order valence-electron chi connectivity index (χ4n) is 2.06. The molecule has 2 aromatic carbocycles. The Balaban J connectivity index is 1.81. The predicted octanol–water partition coefficient (Wildman–Crippen LogP) is 4.73. The van der Waals surface area contributed by atoms with E-state index < -0.39 is 17.7 Å². The fourth-order valence-corrected chi connectivity index (χ4v) is 2.98. The zero-order chi connectivity index (χ0) is 16.8. The van der Waals surface area contributed by atoms with Crippen LogP contribution in [0.15, 0.2) is 42.5 Å². The Morgan fingerprint density at radius 2 is 1.91 bits per heavy atom. The van der Waals surface area contributed by atoms with Crippen LogP contribution in [0.25, 0.3) is 0 Å². The van der Waals surface area contributed by atoms with Gasteiger partial charge in [-0.1, -0.05) is 29.8 Å². The van der Waals surface area contributed by atoms with E-state index in [0.717, 1.165) is 11.6 Å². The topological polar surface area (TPSA) is 29.1 Å². The zero-order valence-corrected chi connectivity index (χ0v) is 14.1. The maximum atomic E-state index is 13.6. The first kappa shape index (κ1) is 17.8. The lowest BCUT2D eigenvalue weighted by molar-refractivity contribution is -0.119. The van der Waals surface area contributed by atoms with Gasteiger partial charge in [0.15, 0.2) is 0 Å². The van der Waals surface area contributed by atoms with Gasteiger partial charge in [0.2, 0.25) is 5.91 Å². The molecule has 2 nitrogen and oxygen atoms in total. The van der Waals surface area contributed by atoms with Gasteiger partial charge < -0.3 is 5.32 Å². The Kier molecular flexibility index (Phi) is 6.42. The maximum Gasteiger partial charge on any atom is 0.230 e. The van der Waals surface area contributed by atoms with Gasteiger partial charge in [-0.15, -0.1) is 11.8 Å². The lowest BCUT2D eigenvalue weighted by Gasteiger charge is -2.15. The number of rotatable bonds is 6. The number of thioether (sulfide) groups is 1. The van der Waals surface area contributed by atoms with Crippen LogP contribution in [-0.2, 0) is 10.5 Å². The van der Waals surface area contributed by atoms with Gasteiger partial charge in [-0.2, -0.15) is 0 Å². The van der Waals surface area contributed by atoms with Crippen molar-refractivity contribution in [3.63, 3.8) is 0 Å². The van der Waals surface area contributed by atoms with Gasteiger partial charge in [0, 0.05) is 22.4 Å². The molecule has 0 heterocycles. The van der Waals surface area contributed by atoms with Crippen molar-refractivity contribution in [1.82, 2.24) is 5.32 Å². The third kappa shape index (κ3) is 5.52. The third-order valence-electron chi connectivity index (χ3n) is 3.22. The van der Waals surface area contributed by atoms with Crippen molar-refractivity contribution in [2.24, 2.45) is 0 Å². The summed E-state index contributed by atoms with van der Waals surface area (Å²) < 4.78 is 26.5. The molecule has 0 aliphatic rings. The summed E-state index contributed by atoms with van der Waals surface area (Å²) in [5.41, 5.74) is 1.34. The second-order valence-corrected chi connectivity index (χ2v) is 6.50. The lowest BCUT2D eigenvalue weighted by atomic mass is 10.1. The molecule has 0 bridgehead atoms. The zero-order valence-electron chi connectivity index (χ0n) is 12.5. The van der Waals surface area contributed by atoms with Crippen molar-refractivity contribution in [2.45, 2.75) is 18.7 Å². The maximum absolute atomic E-state index is 13.6. The second-order valence-electron chi connectivity index (χ2n) is 5.07. The molecule has 23 heavy (non-hydrogen) atoms. The van der Waals surface area contributed by atoms with Crippen LogP contribution in [0.3, 0.4) is 0 Å². The average molecular weight is 356 g/mol. The van der Waals surface area contributed by atoms with Crippen molar-refractivity contribution in [2.75, 3.05) is 5.75 Å². The molecule has 0 spiro atoms. The van der Waals surface area contributed by atoms with E-state index in [2.05, 4.69) is 5.32 Å². The van der Waals surface area contributed by atoms with Crippen LogP contribution < -0.4 is 5.32 Å². The standard InChI is InChI=1S/C17H16ClF2NOS/c1-11(15-7-6-14(19)8-16(15)20)21-17(22)10-23-9-12-2-4-13(18)5-3-12/h2-8,11H,9-10H2,1H3,(H,21,22)/t11-/m1/s1. The minimum atomic E-state index is -0.661. The van der Waals surface area contributed by atoms with Crippen LogP contribution in [0.4, 0.5) is 8.78 Å². The summed E-state index contributed by atoms with van der Waals surface area (Å²) in [5, 5.41) is 3.38. The summed E-state index contributed by atoms with van der Waals surface area (Å²) in [4.78, 5) is 11.9. The first-order valence-corrected chi connectivity index (χ1v) is 8.55. The van der Waals surface area contributed by atoms with E-state index >= 15 is 0 Å². The Hall–Kier alpha value is -1.59. The van der Waals surface area contributed by atoms with Gasteiger partial charge in [0.1, 0.15) is 11.6 Å². The molecule has 0 radical (unpaired) electrons. The molecule has 0 aromatic heterocycles. The SMILES string of the molecule is C[C@@H](NC(=O)CSCc1ccc(Cl)cc1)c1ccc(F)cc1F. The molecular formula is C17H16ClF2NOS. The molecule has 122 valence electrons. The number of amides is 1. The highest BCUT2D eigenvalue weighted by Crippen LogP contribution is 2.19. The molecular weight excluding hydrogens is 340 g/mol. The van der Waals surface area contributed by atoms with E-state index in [-0.39, 0.29) is 17.2 Å². The number of hydrogen-bond donors (Lipinski definition) is 1. The smallest absolute Gasteiger partial charge is 0.230 e. The van der Waals surface area contributed by atoms with Crippen LogP contribution in [0.5, 0.6) is 0 Å². The molecule has 0 fully saturated rings. The molecule has 0 saturated heterocycles. The van der Waals surface area contributed by atoms with E-state index in [1.165, 1.54) is 23.9 Å². The molecule has 2 aromatic rings. The highest BCUT2D eigenvalue weighted by atomic mass is 35.5. The van der Waals surface area contributed by atoms with Gasteiger partial charge in [-0.05, 0) is 30.7 Å². The second kappa shape index (κ2) is 8.31. The lowest BCUT2D eigenvalue weighted by Crippen LogP contribution is -2.28. The van der Waals surface area contributed by atoms with Crippen LogP contribution in [0, 0.1) is 11.6 Å². The van der Waals surface area contributed by atoms with Crippen LogP contribution in [0.2, 0.25) is 5.02 Å². The average Bonchev–Trinajstić information content (AvgIpc) is 2.49. The summed E-state index contributed by atoms with van der Waals surface area (Å²) in [6, 6.07) is 10.2. The highest BCUT2D eigenvalue weighted by molar-refractivity contribution is 7.99. The van der Waals surface area contributed by atoms with Gasteiger partial charge in [-0.25, -0.2) is 8.78 Å². The molecule has 1 amide bonds. The largest absolute Gasteiger partial charge is 0.349 e. The van der Waals surface area contributed by atoms with Gasteiger partial charge in [0.05, 0.1) is 11.8 Å². The van der Waals surface area contributed by atoms with Crippen molar-refractivity contribution in [1.29, 1.82) is 0 Å². The van der Waals surface area contributed by atoms with Gasteiger partial charge in [-0.3, -0.25) is 4.79 Å². The molecule has 2 rings (SSSR count). The molecule has 1 atom stereocenters. The normalized spacial score (nSPS) is 12.0. The van der Waals surface area contributed by atoms with Crippen molar-refractivity contribution < 1.29 is 13.6 Å². The summed E-state index contributed by atoms with van der Waals surface area (Å²) >= 11 is 7.26. The van der Waals surface area contributed by atoms with E-state index in [1.54, 1.807) is 19.1 Å². The highest BCUT2D eigenvalue weighted by Gasteiger charge is 2.14. The van der Waals surface area contributed by atoms with Gasteiger partial charge >= 0.3 is 0 Å². The van der Waals surface area contributed by atoms with E-state index in [0.29, 0.717) is 10.8 Å². The molecule has 0 saturated carbocycles. The van der Waals surface area contributed by atoms with Crippen molar-refractivity contribution in [3.8, 4) is 0 Å². The van der Waals surface area contributed by atoms with E-state index in [4.69, 9.17) is 11.6 Å². The molecule has 6 heteroatoms. The fraction of sp³-hybridized carbons (Fsp3) is 0.235. The number of carbonyl (C=O) groups excluding carboxylic acids is 1. The van der Waals surface area contributed by atoms with Crippen LogP contribution >= 0.6 is 23.4 Å². The predicted molar refractivity (Wildman–Crippen MR) is 90.5 cm³/mol. The first-order valence-electron chi connectivity index (χ1n) is 7.02. The Bertz CT molecular complexity index is 679. The van der Waals surface area contributed by atoms with Crippen LogP contribution in [-0.4, -0.2) is 11.7 Å². The third-order valence-corrected chi connectivity index (χ3v) is 4.48. The summed E-state index contributed by atoms with van der Waals surface area (Å²) in [6.07, 6.45) is 0. The monoisotopic (exact) mass is 355 g/mol. The minimum absolute atomic E-state index is 0.194. The number of carbonyl (C=O) groups is 1.